The maximum Gasteiger partial charge on any atom is 0.189 e. The number of rotatable bonds is 4. The molecule has 2 saturated heterocycles. The van der Waals surface area contributed by atoms with Crippen molar-refractivity contribution in [1.82, 2.24) is 0 Å². The van der Waals surface area contributed by atoms with Crippen molar-refractivity contribution in [3.8, 4) is 0 Å². The van der Waals surface area contributed by atoms with Gasteiger partial charge in [0.15, 0.2) is 12.6 Å². The SMILES string of the molecule is N[C@H]1[C@H](O[C@@H]2O[C@H](CO)[C@@H](O)[C@H](O)[C@H]2O)O[C@@H](CO)[C@H](O)[C@@H]1O. The van der Waals surface area contributed by atoms with E-state index in [9.17, 15) is 25.5 Å². The average Bonchev–Trinajstić information content (AvgIpc) is 2.55. The highest BCUT2D eigenvalue weighted by atomic mass is 16.8. The van der Waals surface area contributed by atoms with Gasteiger partial charge in [-0.25, -0.2) is 0 Å². The molecule has 23 heavy (non-hydrogen) atoms. The van der Waals surface area contributed by atoms with Crippen molar-refractivity contribution in [3.63, 3.8) is 0 Å². The van der Waals surface area contributed by atoms with Crippen LogP contribution in [0.25, 0.3) is 0 Å². The van der Waals surface area contributed by atoms with Gasteiger partial charge in [0, 0.05) is 0 Å². The van der Waals surface area contributed by atoms with Gasteiger partial charge in [-0.05, 0) is 0 Å². The Labute approximate surface area is 131 Å². The lowest BCUT2D eigenvalue weighted by Crippen LogP contribution is -2.65. The minimum absolute atomic E-state index is 0.612. The molecular weight excluding hydrogens is 318 g/mol. The topological polar surface area (TPSA) is 195 Å². The van der Waals surface area contributed by atoms with Gasteiger partial charge in [0.2, 0.25) is 0 Å². The van der Waals surface area contributed by atoms with Crippen molar-refractivity contribution in [1.29, 1.82) is 0 Å². The largest absolute Gasteiger partial charge is 0.394 e. The zero-order valence-corrected chi connectivity index (χ0v) is 12.1. The Morgan fingerprint density at radius 2 is 1.17 bits per heavy atom. The van der Waals surface area contributed by atoms with Gasteiger partial charge >= 0.3 is 0 Å². The first-order chi connectivity index (χ1) is 10.8. The van der Waals surface area contributed by atoms with Crippen LogP contribution in [-0.4, -0.2) is 110 Å². The zero-order valence-electron chi connectivity index (χ0n) is 12.1. The molecule has 0 bridgehead atoms. The standard InChI is InChI=1S/C12H23NO10/c13-5-8(18)6(16)3(1-14)21-11(5)23-12-10(20)9(19)7(17)4(2-15)22-12/h3-12,14-20H,1-2,13H2/t3-,4+,5+,6-,7+,8+,9-,10+,11-,12-/m0/s1. The number of aliphatic hydroxyl groups is 7. The predicted octanol–water partition coefficient (Wildman–Crippen LogP) is -5.43. The second kappa shape index (κ2) is 7.63. The highest BCUT2D eigenvalue weighted by molar-refractivity contribution is 4.93. The second-order valence-electron chi connectivity index (χ2n) is 5.62. The molecule has 0 aromatic heterocycles. The summed E-state index contributed by atoms with van der Waals surface area (Å²) in [5.74, 6) is 0. The van der Waals surface area contributed by atoms with Crippen LogP contribution in [-0.2, 0) is 14.2 Å². The number of ether oxygens (including phenoxy) is 3. The summed E-state index contributed by atoms with van der Waals surface area (Å²) in [6.07, 6.45) is -13.0. The summed E-state index contributed by atoms with van der Waals surface area (Å²) in [4.78, 5) is 0. The summed E-state index contributed by atoms with van der Waals surface area (Å²) in [5.41, 5.74) is 5.68. The van der Waals surface area contributed by atoms with Gasteiger partial charge in [0.1, 0.15) is 42.7 Å². The molecule has 11 heteroatoms. The van der Waals surface area contributed by atoms with Crippen LogP contribution in [0, 0.1) is 0 Å². The number of aliphatic hydroxyl groups excluding tert-OH is 7. The maximum atomic E-state index is 9.88. The van der Waals surface area contributed by atoms with Crippen molar-refractivity contribution in [2.45, 2.75) is 61.3 Å². The molecule has 0 saturated carbocycles. The van der Waals surface area contributed by atoms with Crippen molar-refractivity contribution >= 4 is 0 Å². The Morgan fingerprint density at radius 3 is 1.70 bits per heavy atom. The molecule has 9 N–H and O–H groups in total. The molecule has 0 unspecified atom stereocenters. The summed E-state index contributed by atoms with van der Waals surface area (Å²) in [6.45, 7) is -1.25. The molecule has 0 aromatic rings. The van der Waals surface area contributed by atoms with Crippen molar-refractivity contribution < 1.29 is 50.0 Å². The van der Waals surface area contributed by atoms with E-state index in [1.165, 1.54) is 0 Å². The fourth-order valence-electron chi connectivity index (χ4n) is 2.54. The smallest absolute Gasteiger partial charge is 0.189 e. The fraction of sp³-hybridized carbons (Fsp3) is 1.00. The van der Waals surface area contributed by atoms with Crippen LogP contribution in [0.5, 0.6) is 0 Å². The lowest BCUT2D eigenvalue weighted by atomic mass is 9.97. The molecule has 2 fully saturated rings. The summed E-state index contributed by atoms with van der Waals surface area (Å²) >= 11 is 0. The highest BCUT2D eigenvalue weighted by Crippen LogP contribution is 2.27. The Bertz CT molecular complexity index is 349. The first-order valence-electron chi connectivity index (χ1n) is 7.15. The van der Waals surface area contributed by atoms with E-state index in [0.29, 0.717) is 0 Å². The molecule has 0 amide bonds. The normalized spacial score (nSPS) is 51.7. The molecule has 2 aliphatic heterocycles. The summed E-state index contributed by atoms with van der Waals surface area (Å²) in [6, 6.07) is -1.22. The molecule has 136 valence electrons. The number of hydrogen-bond donors (Lipinski definition) is 8. The van der Waals surface area contributed by atoms with Crippen LogP contribution in [0.3, 0.4) is 0 Å². The maximum absolute atomic E-state index is 9.88. The average molecular weight is 341 g/mol. The van der Waals surface area contributed by atoms with E-state index >= 15 is 0 Å². The van der Waals surface area contributed by atoms with Crippen molar-refractivity contribution in [2.75, 3.05) is 13.2 Å². The van der Waals surface area contributed by atoms with E-state index in [1.807, 2.05) is 0 Å². The van der Waals surface area contributed by atoms with Gasteiger partial charge in [0.25, 0.3) is 0 Å². The summed E-state index contributed by atoms with van der Waals surface area (Å²) < 4.78 is 15.6. The Hall–Kier alpha value is -0.440. The van der Waals surface area contributed by atoms with E-state index in [4.69, 9.17) is 30.2 Å². The van der Waals surface area contributed by atoms with E-state index < -0.39 is 74.6 Å². The third-order valence-corrected chi connectivity index (χ3v) is 4.05. The Kier molecular flexibility index (Phi) is 6.27. The minimum atomic E-state index is -1.67. The van der Waals surface area contributed by atoms with Gasteiger partial charge in [0.05, 0.1) is 19.3 Å². The van der Waals surface area contributed by atoms with E-state index in [-0.39, 0.29) is 0 Å². The fourth-order valence-corrected chi connectivity index (χ4v) is 2.54. The molecular formula is C12H23NO10. The first-order valence-corrected chi connectivity index (χ1v) is 7.15. The minimum Gasteiger partial charge on any atom is -0.394 e. The molecule has 0 radical (unpaired) electrons. The quantitative estimate of drug-likeness (QED) is 0.243. The van der Waals surface area contributed by atoms with Crippen molar-refractivity contribution in [3.05, 3.63) is 0 Å². The highest BCUT2D eigenvalue weighted by Gasteiger charge is 2.48. The van der Waals surface area contributed by atoms with Crippen LogP contribution in [0.15, 0.2) is 0 Å². The molecule has 0 spiro atoms. The molecule has 2 aliphatic rings. The lowest BCUT2D eigenvalue weighted by molar-refractivity contribution is -0.361. The third-order valence-electron chi connectivity index (χ3n) is 4.05. The molecule has 2 heterocycles. The van der Waals surface area contributed by atoms with Crippen LogP contribution < -0.4 is 5.73 Å². The van der Waals surface area contributed by atoms with Gasteiger partial charge in [-0.2, -0.15) is 0 Å². The van der Waals surface area contributed by atoms with Crippen LogP contribution in [0.1, 0.15) is 0 Å². The second-order valence-corrected chi connectivity index (χ2v) is 5.62. The predicted molar refractivity (Wildman–Crippen MR) is 70.6 cm³/mol. The monoisotopic (exact) mass is 341 g/mol. The molecule has 10 atom stereocenters. The van der Waals surface area contributed by atoms with Crippen LogP contribution >= 0.6 is 0 Å². The van der Waals surface area contributed by atoms with Crippen LogP contribution in [0.2, 0.25) is 0 Å². The molecule has 2 rings (SSSR count). The summed E-state index contributed by atoms with van der Waals surface area (Å²) in [5, 5.41) is 67.0. The third kappa shape index (κ3) is 3.65. The summed E-state index contributed by atoms with van der Waals surface area (Å²) in [7, 11) is 0. The Balaban J connectivity index is 2.07. The van der Waals surface area contributed by atoms with Gasteiger partial charge in [-0.3, -0.25) is 0 Å². The van der Waals surface area contributed by atoms with Crippen molar-refractivity contribution in [2.24, 2.45) is 5.73 Å². The van der Waals surface area contributed by atoms with Gasteiger partial charge in [-0.15, -0.1) is 0 Å². The first kappa shape index (κ1) is 18.9. The van der Waals surface area contributed by atoms with E-state index in [2.05, 4.69) is 0 Å². The number of hydrogen-bond acceptors (Lipinski definition) is 11. The number of nitrogens with two attached hydrogens (primary N) is 1. The van der Waals surface area contributed by atoms with Crippen LogP contribution in [0.4, 0.5) is 0 Å². The lowest BCUT2D eigenvalue weighted by Gasteiger charge is -2.45. The molecule has 11 nitrogen and oxygen atoms in total. The Morgan fingerprint density at radius 1 is 0.696 bits per heavy atom. The zero-order chi connectivity index (χ0) is 17.3. The van der Waals surface area contributed by atoms with Gasteiger partial charge < -0.3 is 55.7 Å². The van der Waals surface area contributed by atoms with Gasteiger partial charge in [-0.1, -0.05) is 0 Å². The van der Waals surface area contributed by atoms with E-state index in [1.54, 1.807) is 0 Å². The molecule has 0 aromatic carbocycles. The molecule has 0 aliphatic carbocycles. The van der Waals surface area contributed by atoms with E-state index in [0.717, 1.165) is 0 Å².